The molecule has 0 aromatic rings. The summed E-state index contributed by atoms with van der Waals surface area (Å²) in [6, 6.07) is -0.348. The number of carbonyl (C=O) groups is 2. The molecule has 2 unspecified atom stereocenters. The molecule has 3 N–H and O–H groups in total. The lowest BCUT2D eigenvalue weighted by molar-refractivity contribution is -0.139. The van der Waals surface area contributed by atoms with Gasteiger partial charge in [0.15, 0.2) is 0 Å². The van der Waals surface area contributed by atoms with Crippen molar-refractivity contribution in [2.75, 3.05) is 46.4 Å². The number of urea groups is 1. The highest BCUT2D eigenvalue weighted by molar-refractivity contribution is 5.74. The zero-order valence-electron chi connectivity index (χ0n) is 12.6. The molecule has 1 saturated heterocycles. The third-order valence-corrected chi connectivity index (χ3v) is 3.39. The van der Waals surface area contributed by atoms with Gasteiger partial charge in [-0.1, -0.05) is 6.92 Å². The number of hydrogen-bond donors (Lipinski definition) is 3. The molecule has 1 heterocycles. The number of carboxylic acids is 1. The minimum absolute atomic E-state index is 0.0123. The van der Waals surface area contributed by atoms with Crippen molar-refractivity contribution >= 4 is 12.0 Å². The van der Waals surface area contributed by atoms with Gasteiger partial charge in [-0.15, -0.1) is 0 Å². The fraction of sp³-hybridized carbons (Fsp3) is 0.846. The second-order valence-corrected chi connectivity index (χ2v) is 4.93. The van der Waals surface area contributed by atoms with E-state index in [1.165, 1.54) is 7.11 Å². The average molecular weight is 303 g/mol. The summed E-state index contributed by atoms with van der Waals surface area (Å²) in [6.45, 7) is 6.04. The second-order valence-electron chi connectivity index (χ2n) is 4.93. The van der Waals surface area contributed by atoms with Crippen LogP contribution in [0.4, 0.5) is 4.79 Å². The molecule has 0 saturated carbocycles. The number of carboxylic acid groups (broad SMARTS) is 1. The van der Waals surface area contributed by atoms with Crippen molar-refractivity contribution in [1.29, 1.82) is 0 Å². The van der Waals surface area contributed by atoms with Crippen LogP contribution in [0.15, 0.2) is 0 Å². The fourth-order valence-electron chi connectivity index (χ4n) is 2.10. The predicted molar refractivity (Wildman–Crippen MR) is 76.3 cm³/mol. The Labute approximate surface area is 124 Å². The number of amides is 2. The number of nitrogens with zero attached hydrogens (tertiary/aromatic N) is 1. The Morgan fingerprint density at radius 3 is 2.86 bits per heavy atom. The van der Waals surface area contributed by atoms with Gasteiger partial charge in [0, 0.05) is 33.3 Å². The standard InChI is InChI=1S/C13H25N3O5/c1-3-16-4-5-21-11(9-16)8-15-13(19)14-7-10(20-2)6-12(17)18/h10-11H,3-9H2,1-2H3,(H,17,18)(H2,14,15,19). The van der Waals surface area contributed by atoms with Gasteiger partial charge in [-0.25, -0.2) is 4.79 Å². The molecule has 0 aromatic heterocycles. The van der Waals surface area contributed by atoms with Crippen LogP contribution < -0.4 is 10.6 Å². The molecule has 2 atom stereocenters. The zero-order chi connectivity index (χ0) is 15.7. The van der Waals surface area contributed by atoms with Crippen LogP contribution in [0, 0.1) is 0 Å². The first-order chi connectivity index (χ1) is 10.0. The van der Waals surface area contributed by atoms with Gasteiger partial charge in [-0.05, 0) is 6.54 Å². The van der Waals surface area contributed by atoms with Crippen LogP contribution in [0.2, 0.25) is 0 Å². The predicted octanol–water partition coefficient (Wildman–Crippen LogP) is -0.504. The Bertz CT molecular complexity index is 340. The number of carbonyl (C=O) groups excluding carboxylic acids is 1. The molecule has 122 valence electrons. The monoisotopic (exact) mass is 303 g/mol. The third-order valence-electron chi connectivity index (χ3n) is 3.39. The molecule has 8 heteroatoms. The van der Waals surface area contributed by atoms with Crippen molar-refractivity contribution in [3.63, 3.8) is 0 Å². The van der Waals surface area contributed by atoms with Crippen LogP contribution in [0.3, 0.4) is 0 Å². The lowest BCUT2D eigenvalue weighted by atomic mass is 10.2. The molecule has 0 radical (unpaired) electrons. The summed E-state index contributed by atoms with van der Waals surface area (Å²) in [4.78, 5) is 24.5. The number of hydrogen-bond acceptors (Lipinski definition) is 5. The van der Waals surface area contributed by atoms with Crippen LogP contribution in [0.1, 0.15) is 13.3 Å². The molecule has 1 aliphatic rings. The van der Waals surface area contributed by atoms with Gasteiger partial charge < -0.3 is 25.2 Å². The van der Waals surface area contributed by atoms with E-state index in [2.05, 4.69) is 22.5 Å². The van der Waals surface area contributed by atoms with Crippen molar-refractivity contribution in [3.8, 4) is 0 Å². The van der Waals surface area contributed by atoms with Gasteiger partial charge in [-0.2, -0.15) is 0 Å². The number of nitrogens with one attached hydrogen (secondary N) is 2. The fourth-order valence-corrected chi connectivity index (χ4v) is 2.10. The number of likely N-dealkylation sites (N-methyl/N-ethyl adjacent to an activating group) is 1. The van der Waals surface area contributed by atoms with Gasteiger partial charge in [-0.3, -0.25) is 9.69 Å². The van der Waals surface area contributed by atoms with E-state index in [4.69, 9.17) is 14.6 Å². The number of morpholine rings is 1. The Hall–Kier alpha value is -1.38. The van der Waals surface area contributed by atoms with Crippen LogP contribution in [-0.2, 0) is 14.3 Å². The second kappa shape index (κ2) is 9.54. The first-order valence-corrected chi connectivity index (χ1v) is 7.15. The minimum atomic E-state index is -0.959. The first-order valence-electron chi connectivity index (χ1n) is 7.15. The maximum atomic E-state index is 11.6. The summed E-state index contributed by atoms with van der Waals surface area (Å²) in [6.07, 6.45) is -0.690. The number of rotatable bonds is 8. The third kappa shape index (κ3) is 7.26. The molecule has 0 aromatic carbocycles. The van der Waals surface area contributed by atoms with Gasteiger partial charge in [0.05, 0.1) is 25.2 Å². The topological polar surface area (TPSA) is 100 Å². The number of methoxy groups -OCH3 is 1. The average Bonchev–Trinajstić information content (AvgIpc) is 2.49. The van der Waals surface area contributed by atoms with Crippen LogP contribution in [0.5, 0.6) is 0 Å². The van der Waals surface area contributed by atoms with Crippen molar-refractivity contribution in [2.45, 2.75) is 25.6 Å². The summed E-state index contributed by atoms with van der Waals surface area (Å²) >= 11 is 0. The van der Waals surface area contributed by atoms with Crippen LogP contribution >= 0.6 is 0 Å². The molecule has 0 bridgehead atoms. The van der Waals surface area contributed by atoms with E-state index in [-0.39, 0.29) is 25.1 Å². The Kier molecular flexibility index (Phi) is 8.03. The smallest absolute Gasteiger partial charge is 0.314 e. The molecule has 2 amide bonds. The van der Waals surface area contributed by atoms with E-state index in [0.29, 0.717) is 13.2 Å². The summed E-state index contributed by atoms with van der Waals surface area (Å²) < 4.78 is 10.6. The van der Waals surface area contributed by atoms with Crippen molar-refractivity contribution in [2.24, 2.45) is 0 Å². The molecule has 0 spiro atoms. The van der Waals surface area contributed by atoms with E-state index in [1.807, 2.05) is 0 Å². The Morgan fingerprint density at radius 2 is 2.24 bits per heavy atom. The molecule has 1 aliphatic heterocycles. The zero-order valence-corrected chi connectivity index (χ0v) is 12.6. The highest BCUT2D eigenvalue weighted by Gasteiger charge is 2.20. The molecular weight excluding hydrogens is 278 g/mol. The summed E-state index contributed by atoms with van der Waals surface area (Å²) in [5, 5.41) is 14.0. The first kappa shape index (κ1) is 17.7. The maximum Gasteiger partial charge on any atom is 0.314 e. The van der Waals surface area contributed by atoms with Gasteiger partial charge in [0.2, 0.25) is 0 Å². The normalized spacial score (nSPS) is 20.8. The lowest BCUT2D eigenvalue weighted by Gasteiger charge is -2.32. The largest absolute Gasteiger partial charge is 0.481 e. The molecule has 1 rings (SSSR count). The summed E-state index contributed by atoms with van der Waals surface area (Å²) in [5.41, 5.74) is 0. The van der Waals surface area contributed by atoms with E-state index >= 15 is 0 Å². The lowest BCUT2D eigenvalue weighted by Crippen LogP contribution is -2.49. The number of aliphatic carboxylic acids is 1. The van der Waals surface area contributed by atoms with Crippen LogP contribution in [0.25, 0.3) is 0 Å². The van der Waals surface area contributed by atoms with E-state index in [9.17, 15) is 9.59 Å². The molecule has 0 aliphatic carbocycles. The van der Waals surface area contributed by atoms with Gasteiger partial charge in [0.1, 0.15) is 0 Å². The molecule has 1 fully saturated rings. The van der Waals surface area contributed by atoms with Crippen LogP contribution in [-0.4, -0.2) is 80.7 Å². The quantitative estimate of drug-likeness (QED) is 0.559. The van der Waals surface area contributed by atoms with Crippen molar-refractivity contribution in [3.05, 3.63) is 0 Å². The van der Waals surface area contributed by atoms with E-state index in [0.717, 1.165) is 19.6 Å². The Balaban J connectivity index is 2.19. The highest BCUT2D eigenvalue weighted by atomic mass is 16.5. The highest BCUT2D eigenvalue weighted by Crippen LogP contribution is 2.03. The van der Waals surface area contributed by atoms with Crippen molar-refractivity contribution in [1.82, 2.24) is 15.5 Å². The molecule has 21 heavy (non-hydrogen) atoms. The van der Waals surface area contributed by atoms with E-state index < -0.39 is 12.1 Å². The van der Waals surface area contributed by atoms with E-state index in [1.54, 1.807) is 0 Å². The molecular formula is C13H25N3O5. The van der Waals surface area contributed by atoms with Gasteiger partial charge >= 0.3 is 12.0 Å². The summed E-state index contributed by atoms with van der Waals surface area (Å²) in [7, 11) is 1.42. The Morgan fingerprint density at radius 1 is 1.48 bits per heavy atom. The summed E-state index contributed by atoms with van der Waals surface area (Å²) in [5.74, 6) is -0.959. The maximum absolute atomic E-state index is 11.6. The molecule has 8 nitrogen and oxygen atoms in total. The minimum Gasteiger partial charge on any atom is -0.481 e. The SMILES string of the molecule is CCN1CCOC(CNC(=O)NCC(CC(=O)O)OC)C1. The van der Waals surface area contributed by atoms with Crippen molar-refractivity contribution < 1.29 is 24.2 Å². The number of ether oxygens (including phenoxy) is 2. The van der Waals surface area contributed by atoms with Gasteiger partial charge in [0.25, 0.3) is 0 Å².